The third kappa shape index (κ3) is 1.33. The second-order valence-electron chi connectivity index (χ2n) is 8.05. The molecule has 0 aromatic carbocycles. The zero-order chi connectivity index (χ0) is 11.8. The summed E-state index contributed by atoms with van der Waals surface area (Å²) in [5.41, 5.74) is 0.906. The summed E-state index contributed by atoms with van der Waals surface area (Å²) in [6.45, 7) is 7.11. The van der Waals surface area contributed by atoms with Gasteiger partial charge in [-0.05, 0) is 66.4 Å². The molecule has 4 aliphatic rings. The predicted octanol–water partition coefficient (Wildman–Crippen LogP) is 4.14. The van der Waals surface area contributed by atoms with Gasteiger partial charge in [0.25, 0.3) is 0 Å². The first-order valence-corrected chi connectivity index (χ1v) is 6.76. The summed E-state index contributed by atoms with van der Waals surface area (Å²) >= 11 is 5.95. The fourth-order valence-corrected chi connectivity index (χ4v) is 6.70. The molecule has 0 aliphatic heterocycles. The van der Waals surface area contributed by atoms with Crippen LogP contribution in [0, 0.1) is 21.7 Å². The van der Waals surface area contributed by atoms with E-state index in [-0.39, 0.29) is 10.7 Å². The Morgan fingerprint density at radius 2 is 1.12 bits per heavy atom. The number of halogens is 1. The van der Waals surface area contributed by atoms with E-state index >= 15 is 0 Å². The van der Waals surface area contributed by atoms with Crippen LogP contribution in [0.15, 0.2) is 0 Å². The van der Waals surface area contributed by atoms with E-state index in [1.165, 1.54) is 19.3 Å². The summed E-state index contributed by atoms with van der Waals surface area (Å²) in [7, 11) is 0. The molecule has 4 saturated carbocycles. The van der Waals surface area contributed by atoms with Crippen molar-refractivity contribution in [2.45, 2.75) is 59.3 Å². The molecule has 0 aromatic rings. The summed E-state index contributed by atoms with van der Waals surface area (Å²) in [5.74, 6) is 0. The van der Waals surface area contributed by atoms with E-state index in [9.17, 15) is 4.79 Å². The smallest absolute Gasteiger partial charge is 0.227 e. The minimum atomic E-state index is -0.186. The Labute approximate surface area is 103 Å². The van der Waals surface area contributed by atoms with Crippen LogP contribution in [-0.2, 0) is 4.79 Å². The van der Waals surface area contributed by atoms with Gasteiger partial charge in [-0.2, -0.15) is 0 Å². The lowest BCUT2D eigenvalue weighted by molar-refractivity contribution is -0.184. The summed E-state index contributed by atoms with van der Waals surface area (Å²) in [6, 6.07) is 0. The number of rotatable bonds is 1. The van der Waals surface area contributed by atoms with Gasteiger partial charge in [-0.25, -0.2) is 0 Å². The van der Waals surface area contributed by atoms with Crippen LogP contribution in [0.4, 0.5) is 0 Å². The van der Waals surface area contributed by atoms with E-state index in [1.807, 2.05) is 0 Å². The van der Waals surface area contributed by atoms with E-state index in [4.69, 9.17) is 11.6 Å². The molecule has 4 fully saturated rings. The summed E-state index contributed by atoms with van der Waals surface area (Å²) in [5, 5.41) is -0.0599. The molecule has 4 aliphatic carbocycles. The van der Waals surface area contributed by atoms with Gasteiger partial charge in [0, 0.05) is 5.41 Å². The van der Waals surface area contributed by atoms with Gasteiger partial charge in [0.2, 0.25) is 5.24 Å². The van der Waals surface area contributed by atoms with Crippen LogP contribution in [0.3, 0.4) is 0 Å². The van der Waals surface area contributed by atoms with E-state index in [0.717, 1.165) is 19.3 Å². The highest BCUT2D eigenvalue weighted by molar-refractivity contribution is 6.64. The van der Waals surface area contributed by atoms with Crippen LogP contribution in [0.25, 0.3) is 0 Å². The van der Waals surface area contributed by atoms with Gasteiger partial charge < -0.3 is 0 Å². The molecule has 0 saturated heterocycles. The first-order valence-electron chi connectivity index (χ1n) is 6.39. The van der Waals surface area contributed by atoms with Gasteiger partial charge in [-0.15, -0.1) is 0 Å². The molecule has 0 aromatic heterocycles. The number of carbonyl (C=O) groups excluding carboxylic acids is 1. The zero-order valence-electron chi connectivity index (χ0n) is 10.5. The Bertz CT molecular complexity index is 319. The van der Waals surface area contributed by atoms with Crippen LogP contribution in [0.5, 0.6) is 0 Å². The normalized spacial score (nSPS) is 59.0. The average Bonchev–Trinajstić information content (AvgIpc) is 1.92. The molecule has 0 atom stereocenters. The Balaban J connectivity index is 2.11. The van der Waals surface area contributed by atoms with Gasteiger partial charge in [0.05, 0.1) is 0 Å². The molecule has 0 unspecified atom stereocenters. The number of carbonyl (C=O) groups is 1. The van der Waals surface area contributed by atoms with Crippen molar-refractivity contribution < 1.29 is 4.79 Å². The Morgan fingerprint density at radius 1 is 0.812 bits per heavy atom. The van der Waals surface area contributed by atoms with Crippen molar-refractivity contribution in [3.8, 4) is 0 Å². The third-order valence-corrected chi connectivity index (χ3v) is 5.67. The minimum absolute atomic E-state index is 0.0599. The fraction of sp³-hybridized carbons (Fsp3) is 0.929. The second-order valence-corrected chi connectivity index (χ2v) is 8.39. The molecular weight excluding hydrogens is 220 g/mol. The predicted molar refractivity (Wildman–Crippen MR) is 65.3 cm³/mol. The average molecular weight is 241 g/mol. The molecule has 16 heavy (non-hydrogen) atoms. The molecular formula is C14H21ClO. The third-order valence-electron chi connectivity index (χ3n) is 5.27. The zero-order valence-corrected chi connectivity index (χ0v) is 11.3. The minimum Gasteiger partial charge on any atom is -0.281 e. The van der Waals surface area contributed by atoms with Crippen LogP contribution >= 0.6 is 11.6 Å². The number of hydrogen-bond donors (Lipinski definition) is 0. The van der Waals surface area contributed by atoms with Crippen molar-refractivity contribution in [2.24, 2.45) is 21.7 Å². The van der Waals surface area contributed by atoms with Crippen molar-refractivity contribution in [1.29, 1.82) is 0 Å². The molecule has 4 bridgehead atoms. The van der Waals surface area contributed by atoms with Gasteiger partial charge in [-0.3, -0.25) is 4.79 Å². The monoisotopic (exact) mass is 240 g/mol. The highest BCUT2D eigenvalue weighted by Gasteiger charge is 2.65. The summed E-state index contributed by atoms with van der Waals surface area (Å²) in [4.78, 5) is 11.9. The topological polar surface area (TPSA) is 17.1 Å². The van der Waals surface area contributed by atoms with E-state index in [1.54, 1.807) is 0 Å². The van der Waals surface area contributed by atoms with Crippen LogP contribution in [0.1, 0.15) is 59.3 Å². The molecule has 0 spiro atoms. The second kappa shape index (κ2) is 2.68. The maximum Gasteiger partial charge on any atom is 0.227 e. The molecule has 0 radical (unpaired) electrons. The Kier molecular flexibility index (Phi) is 1.86. The van der Waals surface area contributed by atoms with Crippen molar-refractivity contribution in [2.75, 3.05) is 0 Å². The Hall–Kier alpha value is -0.0400. The van der Waals surface area contributed by atoms with Crippen LogP contribution < -0.4 is 0 Å². The summed E-state index contributed by atoms with van der Waals surface area (Å²) in [6.07, 6.45) is 6.99. The largest absolute Gasteiger partial charge is 0.281 e. The van der Waals surface area contributed by atoms with Gasteiger partial charge in [0.15, 0.2) is 0 Å². The van der Waals surface area contributed by atoms with Crippen molar-refractivity contribution >= 4 is 16.8 Å². The lowest BCUT2D eigenvalue weighted by Gasteiger charge is -2.68. The maximum atomic E-state index is 11.9. The molecule has 0 amide bonds. The Morgan fingerprint density at radius 3 is 1.38 bits per heavy atom. The molecule has 0 heterocycles. The lowest BCUT2D eigenvalue weighted by Crippen LogP contribution is -2.60. The standard InChI is InChI=1S/C14H21ClO/c1-11-4-12(2)6-13(3,5-11)9-14(7-11,8-12)10(15)16/h4-9H2,1-3H3. The molecule has 0 N–H and O–H groups in total. The van der Waals surface area contributed by atoms with Crippen LogP contribution in [0.2, 0.25) is 0 Å². The number of hydrogen-bond acceptors (Lipinski definition) is 1. The van der Waals surface area contributed by atoms with Crippen LogP contribution in [-0.4, -0.2) is 5.24 Å². The highest BCUT2D eigenvalue weighted by atomic mass is 35.5. The van der Waals surface area contributed by atoms with Gasteiger partial charge in [0.1, 0.15) is 0 Å². The van der Waals surface area contributed by atoms with E-state index in [0.29, 0.717) is 16.2 Å². The van der Waals surface area contributed by atoms with E-state index < -0.39 is 0 Å². The van der Waals surface area contributed by atoms with Gasteiger partial charge in [-0.1, -0.05) is 20.8 Å². The molecule has 1 nitrogen and oxygen atoms in total. The molecule has 2 heteroatoms. The summed E-state index contributed by atoms with van der Waals surface area (Å²) < 4.78 is 0. The fourth-order valence-electron chi connectivity index (χ4n) is 6.50. The lowest BCUT2D eigenvalue weighted by atomic mass is 9.37. The highest BCUT2D eigenvalue weighted by Crippen LogP contribution is 2.73. The maximum absolute atomic E-state index is 11.9. The quantitative estimate of drug-likeness (QED) is 0.630. The molecule has 4 rings (SSSR count). The first kappa shape index (κ1) is 11.1. The van der Waals surface area contributed by atoms with Crippen molar-refractivity contribution in [1.82, 2.24) is 0 Å². The SMILES string of the molecule is CC12CC3(C)CC(C)(C1)CC(C(=O)Cl)(C2)C3. The van der Waals surface area contributed by atoms with E-state index in [2.05, 4.69) is 20.8 Å². The van der Waals surface area contributed by atoms with Crippen molar-refractivity contribution in [3.63, 3.8) is 0 Å². The molecule has 90 valence electrons. The van der Waals surface area contributed by atoms with Gasteiger partial charge >= 0.3 is 0 Å². The first-order chi connectivity index (χ1) is 7.19. The van der Waals surface area contributed by atoms with Crippen molar-refractivity contribution in [3.05, 3.63) is 0 Å².